The van der Waals surface area contributed by atoms with Gasteiger partial charge in [-0.15, -0.1) is 0 Å². The van der Waals surface area contributed by atoms with Crippen LogP contribution in [0.1, 0.15) is 17.0 Å². The maximum atomic E-state index is 5.80. The Hall–Kier alpha value is -2.35. The van der Waals surface area contributed by atoms with E-state index in [4.69, 9.17) is 4.42 Å². The van der Waals surface area contributed by atoms with Gasteiger partial charge in [-0.2, -0.15) is 0 Å². The minimum absolute atomic E-state index is 0.729. The number of rotatable bonds is 3. The van der Waals surface area contributed by atoms with Gasteiger partial charge in [0.2, 0.25) is 0 Å². The van der Waals surface area contributed by atoms with Crippen molar-refractivity contribution < 1.29 is 4.42 Å². The quantitative estimate of drug-likeness (QED) is 0.694. The van der Waals surface area contributed by atoms with Crippen molar-refractivity contribution in [1.82, 2.24) is 4.98 Å². The standard InChI is InChI=1S/C17H15NO/c1-13-7-9-15(10-8-13)16-12-18-17(19-16)11-14-5-3-2-4-6-14/h2-10,12H,11H2,1H3. The lowest BCUT2D eigenvalue weighted by molar-refractivity contribution is 0.519. The molecule has 0 amide bonds. The molecule has 0 fully saturated rings. The molecule has 2 nitrogen and oxygen atoms in total. The van der Waals surface area contributed by atoms with E-state index < -0.39 is 0 Å². The van der Waals surface area contributed by atoms with Gasteiger partial charge < -0.3 is 4.42 Å². The molecule has 2 heteroatoms. The molecule has 0 aliphatic carbocycles. The molecule has 0 atom stereocenters. The van der Waals surface area contributed by atoms with E-state index >= 15 is 0 Å². The van der Waals surface area contributed by atoms with E-state index in [-0.39, 0.29) is 0 Å². The lowest BCUT2D eigenvalue weighted by atomic mass is 10.1. The molecule has 0 aliphatic heterocycles. The van der Waals surface area contributed by atoms with Crippen molar-refractivity contribution in [2.24, 2.45) is 0 Å². The second-order valence-corrected chi connectivity index (χ2v) is 4.65. The summed E-state index contributed by atoms with van der Waals surface area (Å²) < 4.78 is 5.80. The van der Waals surface area contributed by atoms with E-state index in [0.29, 0.717) is 0 Å². The SMILES string of the molecule is Cc1ccc(-c2cnc(Cc3ccccc3)o2)cc1. The highest BCUT2D eigenvalue weighted by atomic mass is 16.4. The van der Waals surface area contributed by atoms with Crippen molar-refractivity contribution in [2.45, 2.75) is 13.3 Å². The number of aryl methyl sites for hydroxylation is 1. The van der Waals surface area contributed by atoms with Crippen LogP contribution in [0.15, 0.2) is 65.2 Å². The Bertz CT molecular complexity index is 653. The Labute approximate surface area is 112 Å². The molecule has 0 unspecified atom stereocenters. The molecule has 1 heterocycles. The van der Waals surface area contributed by atoms with Gasteiger partial charge in [-0.3, -0.25) is 0 Å². The predicted octanol–water partition coefficient (Wildman–Crippen LogP) is 4.24. The Balaban J connectivity index is 1.82. The van der Waals surface area contributed by atoms with Crippen LogP contribution in [0.2, 0.25) is 0 Å². The van der Waals surface area contributed by atoms with E-state index in [2.05, 4.69) is 48.3 Å². The molecule has 1 aromatic heterocycles. The summed E-state index contributed by atoms with van der Waals surface area (Å²) in [6.45, 7) is 2.07. The monoisotopic (exact) mass is 249 g/mol. The zero-order valence-corrected chi connectivity index (χ0v) is 10.8. The van der Waals surface area contributed by atoms with Crippen LogP contribution in [0.3, 0.4) is 0 Å². The zero-order chi connectivity index (χ0) is 13.1. The molecule has 94 valence electrons. The average Bonchev–Trinajstić information content (AvgIpc) is 2.89. The average molecular weight is 249 g/mol. The van der Waals surface area contributed by atoms with E-state index in [0.717, 1.165) is 23.6 Å². The smallest absolute Gasteiger partial charge is 0.199 e. The van der Waals surface area contributed by atoms with Gasteiger partial charge in [0.1, 0.15) is 0 Å². The molecule has 0 saturated carbocycles. The highest BCUT2D eigenvalue weighted by Crippen LogP contribution is 2.21. The highest BCUT2D eigenvalue weighted by Gasteiger charge is 2.06. The van der Waals surface area contributed by atoms with Crippen molar-refractivity contribution in [3.8, 4) is 11.3 Å². The van der Waals surface area contributed by atoms with Gasteiger partial charge in [-0.1, -0.05) is 60.2 Å². The van der Waals surface area contributed by atoms with Gasteiger partial charge in [0.25, 0.3) is 0 Å². The maximum Gasteiger partial charge on any atom is 0.199 e. The molecular formula is C17H15NO. The van der Waals surface area contributed by atoms with Crippen LogP contribution in [-0.4, -0.2) is 4.98 Å². The van der Waals surface area contributed by atoms with Crippen molar-refractivity contribution in [1.29, 1.82) is 0 Å². The van der Waals surface area contributed by atoms with Crippen LogP contribution in [0.25, 0.3) is 11.3 Å². The van der Waals surface area contributed by atoms with E-state index in [1.165, 1.54) is 11.1 Å². The normalized spacial score (nSPS) is 10.6. The summed E-state index contributed by atoms with van der Waals surface area (Å²) in [7, 11) is 0. The first-order valence-electron chi connectivity index (χ1n) is 6.37. The molecular weight excluding hydrogens is 234 g/mol. The third kappa shape index (κ3) is 2.74. The second kappa shape index (κ2) is 5.11. The fraction of sp³-hybridized carbons (Fsp3) is 0.118. The van der Waals surface area contributed by atoms with Crippen molar-refractivity contribution in [2.75, 3.05) is 0 Å². The van der Waals surface area contributed by atoms with E-state index in [1.807, 2.05) is 18.2 Å². The third-order valence-corrected chi connectivity index (χ3v) is 3.09. The molecule has 3 aromatic rings. The molecule has 3 rings (SSSR count). The minimum Gasteiger partial charge on any atom is -0.440 e. The van der Waals surface area contributed by atoms with Crippen molar-refractivity contribution >= 4 is 0 Å². The lowest BCUT2D eigenvalue weighted by Gasteiger charge is -1.98. The van der Waals surface area contributed by atoms with Gasteiger partial charge >= 0.3 is 0 Å². The summed E-state index contributed by atoms with van der Waals surface area (Å²) in [6.07, 6.45) is 2.52. The number of hydrogen-bond acceptors (Lipinski definition) is 2. The molecule has 0 radical (unpaired) electrons. The maximum absolute atomic E-state index is 5.80. The van der Waals surface area contributed by atoms with Gasteiger partial charge in [0, 0.05) is 12.0 Å². The van der Waals surface area contributed by atoms with Crippen molar-refractivity contribution in [3.63, 3.8) is 0 Å². The largest absolute Gasteiger partial charge is 0.440 e. The molecule has 0 bridgehead atoms. The van der Waals surface area contributed by atoms with E-state index in [1.54, 1.807) is 6.20 Å². The Morgan fingerprint density at radius 3 is 2.42 bits per heavy atom. The molecule has 19 heavy (non-hydrogen) atoms. The number of hydrogen-bond donors (Lipinski definition) is 0. The Morgan fingerprint density at radius 1 is 0.947 bits per heavy atom. The first-order chi connectivity index (χ1) is 9.31. The first-order valence-corrected chi connectivity index (χ1v) is 6.37. The summed E-state index contributed by atoms with van der Waals surface area (Å²) in [5.41, 5.74) is 3.52. The van der Waals surface area contributed by atoms with Crippen LogP contribution in [-0.2, 0) is 6.42 Å². The van der Waals surface area contributed by atoms with Crippen LogP contribution < -0.4 is 0 Å². The minimum atomic E-state index is 0.729. The number of oxazole rings is 1. The molecule has 0 aliphatic rings. The van der Waals surface area contributed by atoms with Gasteiger partial charge in [-0.05, 0) is 12.5 Å². The summed E-state index contributed by atoms with van der Waals surface area (Å²) in [5, 5.41) is 0. The third-order valence-electron chi connectivity index (χ3n) is 3.09. The molecule has 0 spiro atoms. The Kier molecular flexibility index (Phi) is 3.15. The van der Waals surface area contributed by atoms with Crippen LogP contribution in [0.5, 0.6) is 0 Å². The summed E-state index contributed by atoms with van der Waals surface area (Å²) in [6, 6.07) is 18.5. The van der Waals surface area contributed by atoms with E-state index in [9.17, 15) is 0 Å². The fourth-order valence-electron chi connectivity index (χ4n) is 2.01. The molecule has 2 aromatic carbocycles. The number of nitrogens with zero attached hydrogens (tertiary/aromatic N) is 1. The highest BCUT2D eigenvalue weighted by molar-refractivity contribution is 5.56. The Morgan fingerprint density at radius 2 is 1.68 bits per heavy atom. The van der Waals surface area contributed by atoms with Crippen LogP contribution in [0, 0.1) is 6.92 Å². The fourth-order valence-corrected chi connectivity index (χ4v) is 2.01. The topological polar surface area (TPSA) is 26.0 Å². The van der Waals surface area contributed by atoms with Gasteiger partial charge in [0.05, 0.1) is 6.20 Å². The van der Waals surface area contributed by atoms with Gasteiger partial charge in [0.15, 0.2) is 11.7 Å². The lowest BCUT2D eigenvalue weighted by Crippen LogP contribution is -1.86. The summed E-state index contributed by atoms with van der Waals surface area (Å²) in [5.74, 6) is 1.58. The van der Waals surface area contributed by atoms with Crippen molar-refractivity contribution in [3.05, 3.63) is 77.8 Å². The number of aromatic nitrogens is 1. The molecule has 0 N–H and O–H groups in total. The zero-order valence-electron chi connectivity index (χ0n) is 10.8. The first kappa shape index (κ1) is 11.7. The summed E-state index contributed by atoms with van der Waals surface area (Å²) in [4.78, 5) is 4.34. The van der Waals surface area contributed by atoms with Gasteiger partial charge in [-0.25, -0.2) is 4.98 Å². The second-order valence-electron chi connectivity index (χ2n) is 4.65. The van der Waals surface area contributed by atoms with Crippen LogP contribution in [0.4, 0.5) is 0 Å². The number of benzene rings is 2. The predicted molar refractivity (Wildman–Crippen MR) is 75.9 cm³/mol. The van der Waals surface area contributed by atoms with Crippen LogP contribution >= 0.6 is 0 Å². The molecule has 0 saturated heterocycles. The summed E-state index contributed by atoms with van der Waals surface area (Å²) >= 11 is 0.